The molecule has 37 heavy (non-hydrogen) atoms. The predicted octanol–water partition coefficient (Wildman–Crippen LogP) is 4.28. The summed E-state index contributed by atoms with van der Waals surface area (Å²) in [5, 5.41) is 2.76. The van der Waals surface area contributed by atoms with Crippen molar-refractivity contribution in [3.63, 3.8) is 0 Å². The highest BCUT2D eigenvalue weighted by Crippen LogP contribution is 2.39. The molecule has 4 rings (SSSR count). The van der Waals surface area contributed by atoms with E-state index < -0.39 is 11.9 Å². The second-order valence-electron chi connectivity index (χ2n) is 9.89. The first-order valence-electron chi connectivity index (χ1n) is 12.5. The quantitative estimate of drug-likeness (QED) is 0.528. The van der Waals surface area contributed by atoms with E-state index in [2.05, 4.69) is 35.1 Å². The molecule has 2 aromatic rings. The van der Waals surface area contributed by atoms with E-state index in [1.807, 2.05) is 13.0 Å². The lowest BCUT2D eigenvalue weighted by atomic mass is 9.96. The fraction of sp³-hybridized carbons (Fsp3) is 0.519. The Morgan fingerprint density at radius 1 is 1.14 bits per heavy atom. The highest BCUT2D eigenvalue weighted by molar-refractivity contribution is 5.94. The lowest BCUT2D eigenvalue weighted by Crippen LogP contribution is -2.49. The Balaban J connectivity index is 1.37. The van der Waals surface area contributed by atoms with Crippen LogP contribution in [0.4, 0.5) is 13.2 Å². The topological polar surface area (TPSA) is 74.8 Å². The van der Waals surface area contributed by atoms with Gasteiger partial charge in [-0.05, 0) is 68.5 Å². The number of aromatic nitrogens is 1. The van der Waals surface area contributed by atoms with E-state index >= 15 is 0 Å². The number of fused-ring (bicyclic) bond motifs is 2. The number of rotatable bonds is 8. The van der Waals surface area contributed by atoms with Gasteiger partial charge in [0.2, 0.25) is 5.91 Å². The number of benzene rings is 1. The molecule has 0 aliphatic carbocycles. The van der Waals surface area contributed by atoms with Gasteiger partial charge in [-0.15, -0.1) is 0 Å². The van der Waals surface area contributed by atoms with Gasteiger partial charge in [0.1, 0.15) is 11.4 Å². The third-order valence-electron chi connectivity index (χ3n) is 7.52. The maximum absolute atomic E-state index is 13.0. The van der Waals surface area contributed by atoms with Crippen molar-refractivity contribution in [1.29, 1.82) is 0 Å². The highest BCUT2D eigenvalue weighted by Gasteiger charge is 2.47. The third-order valence-corrected chi connectivity index (χ3v) is 7.52. The van der Waals surface area contributed by atoms with Crippen LogP contribution in [0.5, 0.6) is 5.75 Å². The Hall–Kier alpha value is -3.14. The molecule has 3 atom stereocenters. The summed E-state index contributed by atoms with van der Waals surface area (Å²) in [4.78, 5) is 31.6. The first kappa shape index (κ1) is 26.9. The van der Waals surface area contributed by atoms with Gasteiger partial charge in [0.15, 0.2) is 0 Å². The van der Waals surface area contributed by atoms with Gasteiger partial charge in [-0.3, -0.25) is 19.5 Å². The fourth-order valence-electron chi connectivity index (χ4n) is 5.40. The van der Waals surface area contributed by atoms with Crippen LogP contribution in [-0.4, -0.2) is 64.9 Å². The molecule has 2 aliphatic rings. The Bertz CT molecular complexity index is 1150. The summed E-state index contributed by atoms with van der Waals surface area (Å²) < 4.78 is 44.3. The maximum atomic E-state index is 13.0. The third kappa shape index (κ3) is 5.74. The van der Waals surface area contributed by atoms with Crippen molar-refractivity contribution in [2.45, 2.75) is 64.8 Å². The van der Waals surface area contributed by atoms with E-state index in [0.717, 1.165) is 36.4 Å². The number of pyridine rings is 1. The standard InChI is InChI=1S/C27H33F3N4O3/c1-16-17(2)24(37-11-5-10-31-19(4)35)8-7-23(16)18(3)33-14-22-12-21(33)15-34(22)26(36)20-6-9-25(32-13-20)27(28,29)30/h6-9,13,18,21-22H,5,10-12,14-15H2,1-4H3,(H,31,35)/t18-,21?,22?/m0/s1. The van der Waals surface area contributed by atoms with Crippen LogP contribution in [0, 0.1) is 13.8 Å². The van der Waals surface area contributed by atoms with Gasteiger partial charge in [-0.2, -0.15) is 13.2 Å². The van der Waals surface area contributed by atoms with Crippen LogP contribution < -0.4 is 10.1 Å². The SMILES string of the molecule is CC(=O)NCCCOc1ccc([C@H](C)N2CC3CC2CN3C(=O)c2ccc(C(F)(F)F)nc2)c(C)c1C. The average Bonchev–Trinajstić information content (AvgIpc) is 3.46. The van der Waals surface area contributed by atoms with Gasteiger partial charge in [-0.25, -0.2) is 0 Å². The van der Waals surface area contributed by atoms with Gasteiger partial charge in [0.25, 0.3) is 5.91 Å². The summed E-state index contributed by atoms with van der Waals surface area (Å²) >= 11 is 0. The molecule has 3 heterocycles. The van der Waals surface area contributed by atoms with Crippen molar-refractivity contribution >= 4 is 11.8 Å². The van der Waals surface area contributed by atoms with Crippen LogP contribution in [0.15, 0.2) is 30.5 Å². The molecule has 1 N–H and O–H groups in total. The number of halogens is 3. The minimum atomic E-state index is -4.53. The van der Waals surface area contributed by atoms with Crippen molar-refractivity contribution in [1.82, 2.24) is 20.1 Å². The summed E-state index contributed by atoms with van der Waals surface area (Å²) in [6.45, 7) is 10.2. The Labute approximate surface area is 215 Å². The summed E-state index contributed by atoms with van der Waals surface area (Å²) in [6.07, 6.45) is -1.94. The summed E-state index contributed by atoms with van der Waals surface area (Å²) in [5.41, 5.74) is 2.64. The molecule has 2 unspecified atom stereocenters. The molecule has 0 saturated carbocycles. The molecule has 1 aromatic carbocycles. The Kier molecular flexibility index (Phi) is 7.77. The normalized spacial score (nSPS) is 20.2. The zero-order chi connectivity index (χ0) is 26.9. The summed E-state index contributed by atoms with van der Waals surface area (Å²) in [6, 6.07) is 6.52. The molecule has 0 radical (unpaired) electrons. The number of carbonyl (C=O) groups is 2. The van der Waals surface area contributed by atoms with Crippen molar-refractivity contribution in [3.05, 3.63) is 58.4 Å². The van der Waals surface area contributed by atoms with E-state index in [1.54, 1.807) is 4.90 Å². The van der Waals surface area contributed by atoms with E-state index in [4.69, 9.17) is 4.74 Å². The number of ether oxygens (including phenoxy) is 1. The van der Waals surface area contributed by atoms with Gasteiger partial charge in [0, 0.05) is 50.9 Å². The molecular weight excluding hydrogens is 485 g/mol. The van der Waals surface area contributed by atoms with Gasteiger partial charge < -0.3 is 15.0 Å². The predicted molar refractivity (Wildman–Crippen MR) is 132 cm³/mol. The molecule has 10 heteroatoms. The first-order chi connectivity index (χ1) is 17.5. The van der Waals surface area contributed by atoms with E-state index in [9.17, 15) is 22.8 Å². The molecule has 2 amide bonds. The number of hydrogen-bond acceptors (Lipinski definition) is 5. The molecule has 2 aliphatic heterocycles. The fourth-order valence-corrected chi connectivity index (χ4v) is 5.40. The smallest absolute Gasteiger partial charge is 0.433 e. The molecule has 0 spiro atoms. The second kappa shape index (κ2) is 10.7. The number of nitrogens with zero attached hydrogens (tertiary/aromatic N) is 3. The second-order valence-corrected chi connectivity index (χ2v) is 9.89. The number of carbonyl (C=O) groups excluding carboxylic acids is 2. The van der Waals surface area contributed by atoms with Crippen molar-refractivity contribution in [3.8, 4) is 5.75 Å². The number of hydrogen-bond donors (Lipinski definition) is 1. The van der Waals surface area contributed by atoms with Crippen LogP contribution in [-0.2, 0) is 11.0 Å². The van der Waals surface area contributed by atoms with Gasteiger partial charge in [0.05, 0.1) is 12.2 Å². The van der Waals surface area contributed by atoms with Crippen molar-refractivity contribution in [2.75, 3.05) is 26.2 Å². The molecule has 2 saturated heterocycles. The maximum Gasteiger partial charge on any atom is 0.433 e. The highest BCUT2D eigenvalue weighted by atomic mass is 19.4. The number of likely N-dealkylation sites (tertiary alicyclic amines) is 2. The van der Waals surface area contributed by atoms with Gasteiger partial charge in [-0.1, -0.05) is 6.07 Å². The minimum Gasteiger partial charge on any atom is -0.493 e. The molecular formula is C27H33F3N4O3. The van der Waals surface area contributed by atoms with Gasteiger partial charge >= 0.3 is 6.18 Å². The largest absolute Gasteiger partial charge is 0.493 e. The molecule has 1 aromatic heterocycles. The number of alkyl halides is 3. The summed E-state index contributed by atoms with van der Waals surface area (Å²) in [7, 11) is 0. The van der Waals surface area contributed by atoms with Crippen LogP contribution in [0.25, 0.3) is 0 Å². The van der Waals surface area contributed by atoms with E-state index in [1.165, 1.54) is 24.1 Å². The molecule has 2 bridgehead atoms. The Morgan fingerprint density at radius 2 is 1.89 bits per heavy atom. The number of nitrogens with one attached hydrogen (secondary N) is 1. The van der Waals surface area contributed by atoms with Crippen LogP contribution in [0.3, 0.4) is 0 Å². The van der Waals surface area contributed by atoms with Crippen LogP contribution in [0.2, 0.25) is 0 Å². The lowest BCUT2D eigenvalue weighted by molar-refractivity contribution is -0.141. The van der Waals surface area contributed by atoms with E-state index in [0.29, 0.717) is 26.2 Å². The Morgan fingerprint density at radius 3 is 2.49 bits per heavy atom. The van der Waals surface area contributed by atoms with Crippen LogP contribution >= 0.6 is 0 Å². The number of amides is 2. The minimum absolute atomic E-state index is 0.0230. The number of piperazine rings is 1. The summed E-state index contributed by atoms with van der Waals surface area (Å²) in [5.74, 6) is 0.513. The van der Waals surface area contributed by atoms with Crippen LogP contribution in [0.1, 0.15) is 65.5 Å². The first-order valence-corrected chi connectivity index (χ1v) is 12.5. The monoisotopic (exact) mass is 518 g/mol. The molecule has 7 nitrogen and oxygen atoms in total. The van der Waals surface area contributed by atoms with Crippen molar-refractivity contribution < 1.29 is 27.5 Å². The zero-order valence-corrected chi connectivity index (χ0v) is 21.6. The lowest BCUT2D eigenvalue weighted by Gasteiger charge is -2.38. The average molecular weight is 519 g/mol. The molecule has 2 fully saturated rings. The van der Waals surface area contributed by atoms with E-state index in [-0.39, 0.29) is 35.5 Å². The molecule has 200 valence electrons. The van der Waals surface area contributed by atoms with Crippen molar-refractivity contribution in [2.24, 2.45) is 0 Å². The zero-order valence-electron chi connectivity index (χ0n) is 21.6.